The molecule has 0 radical (unpaired) electrons. The first-order chi connectivity index (χ1) is 9.51. The SMILES string of the molecule is COCCc1c(C(=O)OC)nnn1CCC(=O)N(C)C. The number of carbonyl (C=O) groups is 2. The van der Waals surface area contributed by atoms with Crippen molar-refractivity contribution < 1.29 is 19.1 Å². The predicted molar refractivity (Wildman–Crippen MR) is 70.3 cm³/mol. The average Bonchev–Trinajstić information content (AvgIpc) is 2.84. The molecular formula is C12H20N4O4. The third-order valence-corrected chi connectivity index (χ3v) is 2.80. The van der Waals surface area contributed by atoms with E-state index in [-0.39, 0.29) is 18.0 Å². The third-order valence-electron chi connectivity index (χ3n) is 2.80. The summed E-state index contributed by atoms with van der Waals surface area (Å²) in [5.74, 6) is -0.556. The van der Waals surface area contributed by atoms with Crippen molar-refractivity contribution in [3.05, 3.63) is 11.4 Å². The molecule has 0 atom stereocenters. The fraction of sp³-hybridized carbons (Fsp3) is 0.667. The zero-order valence-corrected chi connectivity index (χ0v) is 12.3. The third kappa shape index (κ3) is 4.02. The summed E-state index contributed by atoms with van der Waals surface area (Å²) in [5.41, 5.74) is 0.784. The van der Waals surface area contributed by atoms with E-state index in [0.717, 1.165) is 0 Å². The van der Waals surface area contributed by atoms with Crippen molar-refractivity contribution in [2.24, 2.45) is 0 Å². The topological polar surface area (TPSA) is 86.5 Å². The number of amides is 1. The molecule has 0 N–H and O–H groups in total. The van der Waals surface area contributed by atoms with E-state index in [0.29, 0.717) is 25.3 Å². The monoisotopic (exact) mass is 284 g/mol. The van der Waals surface area contributed by atoms with Gasteiger partial charge < -0.3 is 14.4 Å². The maximum absolute atomic E-state index is 11.6. The van der Waals surface area contributed by atoms with Crippen LogP contribution >= 0.6 is 0 Å². The lowest BCUT2D eigenvalue weighted by Gasteiger charge is -2.11. The van der Waals surface area contributed by atoms with Gasteiger partial charge in [-0.2, -0.15) is 0 Å². The summed E-state index contributed by atoms with van der Waals surface area (Å²) in [5, 5.41) is 7.73. The van der Waals surface area contributed by atoms with Crippen molar-refractivity contribution in [2.45, 2.75) is 19.4 Å². The van der Waals surface area contributed by atoms with Gasteiger partial charge in [-0.05, 0) is 0 Å². The Morgan fingerprint density at radius 2 is 2.00 bits per heavy atom. The van der Waals surface area contributed by atoms with Gasteiger partial charge in [0.05, 0.1) is 26.0 Å². The van der Waals surface area contributed by atoms with Crippen molar-refractivity contribution in [2.75, 3.05) is 34.9 Å². The highest BCUT2D eigenvalue weighted by Crippen LogP contribution is 2.09. The highest BCUT2D eigenvalue weighted by atomic mass is 16.5. The number of ether oxygens (including phenoxy) is 2. The largest absolute Gasteiger partial charge is 0.464 e. The van der Waals surface area contributed by atoms with Crippen LogP contribution < -0.4 is 0 Å². The molecule has 1 aromatic rings. The fourth-order valence-corrected chi connectivity index (χ4v) is 1.64. The highest BCUT2D eigenvalue weighted by Gasteiger charge is 2.20. The van der Waals surface area contributed by atoms with E-state index < -0.39 is 5.97 Å². The van der Waals surface area contributed by atoms with Gasteiger partial charge in [0.1, 0.15) is 0 Å². The normalized spacial score (nSPS) is 10.4. The van der Waals surface area contributed by atoms with Crippen LogP contribution in [0, 0.1) is 0 Å². The second-order valence-electron chi connectivity index (χ2n) is 4.38. The van der Waals surface area contributed by atoms with E-state index in [2.05, 4.69) is 15.0 Å². The minimum Gasteiger partial charge on any atom is -0.464 e. The van der Waals surface area contributed by atoms with Crippen LogP contribution in [0.25, 0.3) is 0 Å². The lowest BCUT2D eigenvalue weighted by Crippen LogP contribution is -2.23. The van der Waals surface area contributed by atoms with Gasteiger partial charge in [-0.3, -0.25) is 4.79 Å². The number of methoxy groups -OCH3 is 2. The maximum Gasteiger partial charge on any atom is 0.360 e. The number of hydrogen-bond donors (Lipinski definition) is 0. The summed E-state index contributed by atoms with van der Waals surface area (Å²) < 4.78 is 11.2. The molecule has 0 spiro atoms. The summed E-state index contributed by atoms with van der Waals surface area (Å²) in [7, 11) is 6.24. The van der Waals surface area contributed by atoms with Gasteiger partial charge in [0, 0.05) is 34.0 Å². The molecule has 20 heavy (non-hydrogen) atoms. The second-order valence-corrected chi connectivity index (χ2v) is 4.38. The first-order valence-electron chi connectivity index (χ1n) is 6.21. The minimum absolute atomic E-state index is 0.0159. The summed E-state index contributed by atoms with van der Waals surface area (Å²) in [4.78, 5) is 24.7. The Balaban J connectivity index is 2.86. The van der Waals surface area contributed by atoms with Gasteiger partial charge in [0.2, 0.25) is 5.91 Å². The Morgan fingerprint density at radius 1 is 1.30 bits per heavy atom. The molecule has 0 unspecified atom stereocenters. The van der Waals surface area contributed by atoms with Gasteiger partial charge in [-0.1, -0.05) is 5.21 Å². The van der Waals surface area contributed by atoms with Crippen LogP contribution in [0.1, 0.15) is 22.6 Å². The van der Waals surface area contributed by atoms with Crippen molar-refractivity contribution in [3.63, 3.8) is 0 Å². The molecule has 0 saturated carbocycles. The van der Waals surface area contributed by atoms with Crippen LogP contribution in [-0.2, 0) is 27.2 Å². The Bertz CT molecular complexity index is 470. The van der Waals surface area contributed by atoms with Crippen LogP contribution in [0.4, 0.5) is 0 Å². The van der Waals surface area contributed by atoms with Crippen LogP contribution in [0.5, 0.6) is 0 Å². The molecule has 0 aliphatic carbocycles. The highest BCUT2D eigenvalue weighted by molar-refractivity contribution is 5.88. The van der Waals surface area contributed by atoms with E-state index in [1.165, 1.54) is 12.0 Å². The van der Waals surface area contributed by atoms with Crippen molar-refractivity contribution in [1.82, 2.24) is 19.9 Å². The van der Waals surface area contributed by atoms with Gasteiger partial charge in [-0.25, -0.2) is 9.48 Å². The molecular weight excluding hydrogens is 264 g/mol. The summed E-state index contributed by atoms with van der Waals surface area (Å²) in [6, 6.07) is 0. The van der Waals surface area contributed by atoms with Gasteiger partial charge in [0.25, 0.3) is 0 Å². The number of esters is 1. The van der Waals surface area contributed by atoms with E-state index in [1.807, 2.05) is 0 Å². The molecule has 0 aliphatic rings. The van der Waals surface area contributed by atoms with Gasteiger partial charge in [-0.15, -0.1) is 5.10 Å². The maximum atomic E-state index is 11.6. The second kappa shape index (κ2) is 7.59. The van der Waals surface area contributed by atoms with Gasteiger partial charge in [0.15, 0.2) is 5.69 Å². The zero-order chi connectivity index (χ0) is 15.1. The van der Waals surface area contributed by atoms with E-state index in [9.17, 15) is 9.59 Å². The molecule has 0 bridgehead atoms. The lowest BCUT2D eigenvalue weighted by molar-refractivity contribution is -0.128. The number of aromatic nitrogens is 3. The molecule has 0 aromatic carbocycles. The number of rotatable bonds is 7. The number of carbonyl (C=O) groups excluding carboxylic acids is 2. The first-order valence-corrected chi connectivity index (χ1v) is 6.21. The van der Waals surface area contributed by atoms with Crippen LogP contribution in [0.15, 0.2) is 0 Å². The minimum atomic E-state index is -0.540. The molecule has 0 aliphatic heterocycles. The van der Waals surface area contributed by atoms with Crippen LogP contribution in [0.3, 0.4) is 0 Å². The molecule has 1 heterocycles. The average molecular weight is 284 g/mol. The summed E-state index contributed by atoms with van der Waals surface area (Å²) >= 11 is 0. The van der Waals surface area contributed by atoms with Crippen molar-refractivity contribution >= 4 is 11.9 Å². The molecule has 8 heteroatoms. The van der Waals surface area contributed by atoms with Crippen molar-refractivity contribution in [3.8, 4) is 0 Å². The van der Waals surface area contributed by atoms with Crippen LogP contribution in [0.2, 0.25) is 0 Å². The number of nitrogens with zero attached hydrogens (tertiary/aromatic N) is 4. The number of hydrogen-bond acceptors (Lipinski definition) is 6. The molecule has 1 amide bonds. The Kier molecular flexibility index (Phi) is 6.10. The summed E-state index contributed by atoms with van der Waals surface area (Å²) in [6.07, 6.45) is 0.765. The molecule has 1 rings (SSSR count). The first kappa shape index (κ1) is 16.1. The van der Waals surface area contributed by atoms with Crippen molar-refractivity contribution in [1.29, 1.82) is 0 Å². The smallest absolute Gasteiger partial charge is 0.360 e. The quantitative estimate of drug-likeness (QED) is 0.641. The standard InChI is InChI=1S/C12H20N4O4/c1-15(2)10(17)5-7-16-9(6-8-19-3)11(13-14-16)12(18)20-4/h5-8H2,1-4H3. The van der Waals surface area contributed by atoms with E-state index in [1.54, 1.807) is 25.9 Å². The Morgan fingerprint density at radius 3 is 2.55 bits per heavy atom. The molecule has 8 nitrogen and oxygen atoms in total. The Labute approximate surface area is 117 Å². The fourth-order valence-electron chi connectivity index (χ4n) is 1.64. The van der Waals surface area contributed by atoms with Crippen LogP contribution in [-0.4, -0.2) is 66.7 Å². The summed E-state index contributed by atoms with van der Waals surface area (Å²) in [6.45, 7) is 0.791. The van der Waals surface area contributed by atoms with E-state index >= 15 is 0 Å². The lowest BCUT2D eigenvalue weighted by atomic mass is 10.2. The predicted octanol–water partition coefficient (Wildman–Crippen LogP) is -0.268. The Hall–Kier alpha value is -1.96. The van der Waals surface area contributed by atoms with Gasteiger partial charge >= 0.3 is 5.97 Å². The number of aryl methyl sites for hydroxylation is 1. The molecule has 0 fully saturated rings. The molecule has 112 valence electrons. The zero-order valence-electron chi connectivity index (χ0n) is 12.3. The molecule has 1 aromatic heterocycles. The van der Waals surface area contributed by atoms with E-state index in [4.69, 9.17) is 4.74 Å². The molecule has 0 saturated heterocycles.